The van der Waals surface area contributed by atoms with E-state index in [1.165, 1.54) is 12.8 Å². The molecule has 1 atom stereocenters. The van der Waals surface area contributed by atoms with E-state index >= 15 is 0 Å². The van der Waals surface area contributed by atoms with Crippen molar-refractivity contribution in [1.29, 1.82) is 0 Å². The number of hydrogen-bond donors (Lipinski definition) is 2. The summed E-state index contributed by atoms with van der Waals surface area (Å²) in [5.41, 5.74) is 14.3. The summed E-state index contributed by atoms with van der Waals surface area (Å²) < 4.78 is 0. The third kappa shape index (κ3) is 5.07. The number of nitrogens with zero attached hydrogens (tertiary/aromatic N) is 4. The fourth-order valence-electron chi connectivity index (χ4n) is 4.79. The summed E-state index contributed by atoms with van der Waals surface area (Å²) in [7, 11) is 0. The molecular formula is C24H32N6O2. The number of rotatable bonds is 5. The highest BCUT2D eigenvalue weighted by Gasteiger charge is 2.32. The number of nitrogen functional groups attached to an aromatic ring is 1. The summed E-state index contributed by atoms with van der Waals surface area (Å²) in [6, 6.07) is 6.93. The lowest BCUT2D eigenvalue weighted by atomic mass is 9.93. The molecule has 8 heteroatoms. The second kappa shape index (κ2) is 10.1. The number of piperidine rings is 1. The van der Waals surface area contributed by atoms with Gasteiger partial charge in [0.05, 0.1) is 18.3 Å². The summed E-state index contributed by atoms with van der Waals surface area (Å²) in [6.07, 6.45) is 9.38. The lowest BCUT2D eigenvalue weighted by molar-refractivity contribution is -0.136. The van der Waals surface area contributed by atoms with E-state index in [1.807, 2.05) is 17.0 Å². The summed E-state index contributed by atoms with van der Waals surface area (Å²) in [5.74, 6) is -0.116. The van der Waals surface area contributed by atoms with Crippen LogP contribution in [0.4, 0.5) is 5.95 Å². The van der Waals surface area contributed by atoms with E-state index < -0.39 is 5.91 Å². The minimum absolute atomic E-state index is 0.139. The van der Waals surface area contributed by atoms with Crippen LogP contribution in [-0.4, -0.2) is 57.8 Å². The summed E-state index contributed by atoms with van der Waals surface area (Å²) in [4.78, 5) is 37.9. The fourth-order valence-corrected chi connectivity index (χ4v) is 4.79. The zero-order valence-electron chi connectivity index (χ0n) is 18.5. The Morgan fingerprint density at radius 1 is 0.969 bits per heavy atom. The molecule has 1 aromatic heterocycles. The number of primary amides is 1. The van der Waals surface area contributed by atoms with Gasteiger partial charge in [-0.2, -0.15) is 0 Å². The van der Waals surface area contributed by atoms with E-state index in [9.17, 15) is 9.59 Å². The molecule has 2 fully saturated rings. The van der Waals surface area contributed by atoms with Crippen LogP contribution in [0.2, 0.25) is 0 Å². The normalized spacial score (nSPS) is 20.0. The van der Waals surface area contributed by atoms with Gasteiger partial charge >= 0.3 is 0 Å². The Balaban J connectivity index is 1.62. The number of amides is 2. The molecule has 0 aliphatic carbocycles. The molecule has 4 rings (SSSR count). The zero-order valence-corrected chi connectivity index (χ0v) is 18.5. The summed E-state index contributed by atoms with van der Waals surface area (Å²) in [6.45, 7) is 3.16. The molecule has 3 heterocycles. The van der Waals surface area contributed by atoms with Crippen molar-refractivity contribution in [1.82, 2.24) is 19.8 Å². The Morgan fingerprint density at radius 3 is 2.34 bits per heavy atom. The Kier molecular flexibility index (Phi) is 6.99. The van der Waals surface area contributed by atoms with Crippen molar-refractivity contribution in [2.45, 2.75) is 51.0 Å². The Hall–Kier alpha value is -3.00. The van der Waals surface area contributed by atoms with E-state index in [0.717, 1.165) is 68.6 Å². The van der Waals surface area contributed by atoms with Gasteiger partial charge in [-0.15, -0.1) is 0 Å². The van der Waals surface area contributed by atoms with Crippen molar-refractivity contribution in [2.24, 2.45) is 5.73 Å². The molecule has 0 unspecified atom stereocenters. The van der Waals surface area contributed by atoms with Gasteiger partial charge in [-0.3, -0.25) is 14.5 Å². The van der Waals surface area contributed by atoms with Gasteiger partial charge < -0.3 is 16.4 Å². The predicted molar refractivity (Wildman–Crippen MR) is 124 cm³/mol. The summed E-state index contributed by atoms with van der Waals surface area (Å²) in [5, 5.41) is 0. The van der Waals surface area contributed by atoms with Crippen LogP contribution in [0.5, 0.6) is 0 Å². The molecule has 32 heavy (non-hydrogen) atoms. The van der Waals surface area contributed by atoms with Gasteiger partial charge in [-0.25, -0.2) is 9.97 Å². The standard InChI is InChI=1S/C24H32N6O2/c25-23(32)18-10-8-17(9-11-18)19-15-27-24(26)28-22(19)20-7-3-6-14-30(20)21(31)16-29-12-4-1-2-5-13-29/h8-11,15,20H,1-7,12-14,16H2,(H2,25,32)(H2,26,27,28)/t20-/m0/s1. The predicted octanol–water partition coefficient (Wildman–Crippen LogP) is 2.75. The molecule has 1 aromatic carbocycles. The van der Waals surface area contributed by atoms with E-state index in [-0.39, 0.29) is 17.9 Å². The average Bonchev–Trinajstić information content (AvgIpc) is 3.08. The first kappa shape index (κ1) is 22.2. The van der Waals surface area contributed by atoms with Crippen molar-refractivity contribution in [3.8, 4) is 11.1 Å². The third-order valence-electron chi connectivity index (χ3n) is 6.51. The van der Waals surface area contributed by atoms with Crippen LogP contribution >= 0.6 is 0 Å². The van der Waals surface area contributed by atoms with Crippen molar-refractivity contribution in [3.63, 3.8) is 0 Å². The van der Waals surface area contributed by atoms with E-state index in [0.29, 0.717) is 12.1 Å². The van der Waals surface area contributed by atoms with Crippen LogP contribution in [0.3, 0.4) is 0 Å². The van der Waals surface area contributed by atoms with Crippen LogP contribution in [0.25, 0.3) is 11.1 Å². The smallest absolute Gasteiger partial charge is 0.248 e. The zero-order chi connectivity index (χ0) is 22.5. The molecule has 0 saturated carbocycles. The number of anilines is 1. The molecular weight excluding hydrogens is 404 g/mol. The first-order valence-electron chi connectivity index (χ1n) is 11.6. The number of carbonyl (C=O) groups is 2. The molecule has 2 saturated heterocycles. The molecule has 0 spiro atoms. The van der Waals surface area contributed by atoms with Crippen LogP contribution < -0.4 is 11.5 Å². The molecule has 0 bridgehead atoms. The highest BCUT2D eigenvalue weighted by Crippen LogP contribution is 2.36. The Bertz CT molecular complexity index is 953. The molecule has 8 nitrogen and oxygen atoms in total. The molecule has 2 aliphatic heterocycles. The molecule has 170 valence electrons. The average molecular weight is 437 g/mol. The monoisotopic (exact) mass is 436 g/mol. The lowest BCUT2D eigenvalue weighted by Gasteiger charge is -2.37. The lowest BCUT2D eigenvalue weighted by Crippen LogP contribution is -2.45. The second-order valence-corrected chi connectivity index (χ2v) is 8.76. The topological polar surface area (TPSA) is 118 Å². The largest absolute Gasteiger partial charge is 0.368 e. The number of likely N-dealkylation sites (tertiary alicyclic amines) is 2. The fraction of sp³-hybridized carbons (Fsp3) is 0.500. The molecule has 2 aromatic rings. The van der Waals surface area contributed by atoms with Crippen LogP contribution in [0, 0.1) is 0 Å². The number of aromatic nitrogens is 2. The first-order valence-corrected chi connectivity index (χ1v) is 11.6. The summed E-state index contributed by atoms with van der Waals surface area (Å²) >= 11 is 0. The number of hydrogen-bond acceptors (Lipinski definition) is 6. The quantitative estimate of drug-likeness (QED) is 0.744. The maximum atomic E-state index is 13.4. The van der Waals surface area contributed by atoms with Gasteiger partial charge in [-0.1, -0.05) is 25.0 Å². The van der Waals surface area contributed by atoms with E-state index in [2.05, 4.69) is 14.9 Å². The maximum absolute atomic E-state index is 13.4. The third-order valence-corrected chi connectivity index (χ3v) is 6.51. The van der Waals surface area contributed by atoms with Crippen molar-refractivity contribution >= 4 is 17.8 Å². The number of nitrogens with two attached hydrogens (primary N) is 2. The van der Waals surface area contributed by atoms with Gasteiger partial charge in [0, 0.05) is 23.9 Å². The van der Waals surface area contributed by atoms with Crippen LogP contribution in [0.15, 0.2) is 30.5 Å². The van der Waals surface area contributed by atoms with Gasteiger partial charge in [0.15, 0.2) is 0 Å². The number of benzene rings is 1. The van der Waals surface area contributed by atoms with Crippen molar-refractivity contribution in [3.05, 3.63) is 41.7 Å². The minimum Gasteiger partial charge on any atom is -0.368 e. The molecule has 2 amide bonds. The van der Waals surface area contributed by atoms with Crippen LogP contribution in [-0.2, 0) is 4.79 Å². The van der Waals surface area contributed by atoms with Crippen LogP contribution in [0.1, 0.15) is 67.0 Å². The van der Waals surface area contributed by atoms with Crippen molar-refractivity contribution < 1.29 is 9.59 Å². The molecule has 0 radical (unpaired) electrons. The SMILES string of the molecule is NC(=O)c1ccc(-c2cnc(N)nc2[C@@H]2CCCCN2C(=O)CN2CCCCCC2)cc1. The van der Waals surface area contributed by atoms with E-state index in [4.69, 9.17) is 11.5 Å². The number of carbonyl (C=O) groups excluding carboxylic acids is 2. The molecule has 4 N–H and O–H groups in total. The van der Waals surface area contributed by atoms with Gasteiger partial charge in [0.25, 0.3) is 0 Å². The van der Waals surface area contributed by atoms with Gasteiger partial charge in [0.1, 0.15) is 0 Å². The second-order valence-electron chi connectivity index (χ2n) is 8.76. The van der Waals surface area contributed by atoms with Gasteiger partial charge in [0.2, 0.25) is 17.8 Å². The maximum Gasteiger partial charge on any atom is 0.248 e. The Labute approximate surface area is 189 Å². The minimum atomic E-state index is -0.470. The highest BCUT2D eigenvalue weighted by molar-refractivity contribution is 5.93. The molecule has 2 aliphatic rings. The van der Waals surface area contributed by atoms with Gasteiger partial charge in [-0.05, 0) is 62.9 Å². The van der Waals surface area contributed by atoms with Crippen molar-refractivity contribution in [2.75, 3.05) is 31.9 Å². The van der Waals surface area contributed by atoms with E-state index in [1.54, 1.807) is 18.3 Å². The highest BCUT2D eigenvalue weighted by atomic mass is 16.2. The first-order chi connectivity index (χ1) is 15.5. The Morgan fingerprint density at radius 2 is 1.66 bits per heavy atom.